The van der Waals surface area contributed by atoms with Gasteiger partial charge in [-0.05, 0) is 119 Å². The van der Waals surface area contributed by atoms with Gasteiger partial charge in [-0.2, -0.15) is 0 Å². The maximum absolute atomic E-state index is 2.48. The van der Waals surface area contributed by atoms with Crippen molar-refractivity contribution in [2.45, 2.75) is 0 Å². The van der Waals surface area contributed by atoms with Crippen LogP contribution in [-0.2, 0) is 0 Å². The lowest BCUT2D eigenvalue weighted by Gasteiger charge is -2.28. The highest BCUT2D eigenvalue weighted by Crippen LogP contribution is 2.49. The summed E-state index contributed by atoms with van der Waals surface area (Å²) in [6.45, 7) is 0. The van der Waals surface area contributed by atoms with Crippen molar-refractivity contribution in [2.75, 3.05) is 4.90 Å². The van der Waals surface area contributed by atoms with Crippen LogP contribution in [0.25, 0.3) is 96.6 Å². The molecule has 0 spiro atoms. The third-order valence-corrected chi connectivity index (χ3v) is 13.4. The van der Waals surface area contributed by atoms with Gasteiger partial charge in [0.2, 0.25) is 0 Å². The smallest absolute Gasteiger partial charge is 0.0554 e. The molecule has 60 heavy (non-hydrogen) atoms. The van der Waals surface area contributed by atoms with Gasteiger partial charge in [0.15, 0.2) is 0 Å². The van der Waals surface area contributed by atoms with Crippen LogP contribution in [0.4, 0.5) is 17.1 Å². The molecule has 2 heteroatoms. The normalized spacial score (nSPS) is 11.7. The minimum atomic E-state index is 1.11. The first-order valence-corrected chi connectivity index (χ1v) is 21.4. The Bertz CT molecular complexity index is 3590. The first-order chi connectivity index (χ1) is 29.8. The van der Waals surface area contributed by atoms with Crippen molar-refractivity contribution in [2.24, 2.45) is 0 Å². The van der Waals surface area contributed by atoms with E-state index in [9.17, 15) is 0 Å². The third-order valence-electron chi connectivity index (χ3n) is 12.2. The van der Waals surface area contributed by atoms with Crippen LogP contribution >= 0.6 is 11.3 Å². The van der Waals surface area contributed by atoms with E-state index in [1.54, 1.807) is 0 Å². The second-order valence-electron chi connectivity index (χ2n) is 15.6. The van der Waals surface area contributed by atoms with Gasteiger partial charge in [0.05, 0.1) is 5.69 Å². The number of hydrogen-bond donors (Lipinski definition) is 0. The Balaban J connectivity index is 1.12. The Hall–Kier alpha value is -7.52. The summed E-state index contributed by atoms with van der Waals surface area (Å²) in [4.78, 5) is 2.48. The van der Waals surface area contributed by atoms with Gasteiger partial charge in [-0.1, -0.05) is 182 Å². The Kier molecular flexibility index (Phi) is 8.11. The molecule has 1 heterocycles. The van der Waals surface area contributed by atoms with Crippen molar-refractivity contribution in [1.29, 1.82) is 0 Å². The van der Waals surface area contributed by atoms with E-state index < -0.39 is 0 Å². The maximum atomic E-state index is 2.48. The quantitative estimate of drug-likeness (QED) is 0.152. The van der Waals surface area contributed by atoms with Crippen molar-refractivity contribution < 1.29 is 0 Å². The number of thiophene rings is 1. The zero-order valence-electron chi connectivity index (χ0n) is 32.7. The van der Waals surface area contributed by atoms with E-state index in [4.69, 9.17) is 0 Å². The molecule has 0 N–H and O–H groups in total. The Morgan fingerprint density at radius 2 is 0.850 bits per heavy atom. The van der Waals surface area contributed by atoms with Gasteiger partial charge in [-0.25, -0.2) is 0 Å². The molecule has 0 aliphatic heterocycles. The average molecular weight is 780 g/mol. The first kappa shape index (κ1) is 34.5. The molecular weight excluding hydrogens is 743 g/mol. The molecule has 0 fully saturated rings. The average Bonchev–Trinajstić information content (AvgIpc) is 3.71. The summed E-state index contributed by atoms with van der Waals surface area (Å²) >= 11 is 1.86. The molecule has 0 saturated heterocycles. The van der Waals surface area contributed by atoms with E-state index in [0.29, 0.717) is 0 Å². The van der Waals surface area contributed by atoms with Gasteiger partial charge in [-0.15, -0.1) is 11.3 Å². The lowest BCUT2D eigenvalue weighted by molar-refractivity contribution is 1.31. The number of rotatable bonds is 6. The zero-order chi connectivity index (χ0) is 39.6. The molecule has 0 amide bonds. The number of fused-ring (bicyclic) bond motifs is 9. The molecule has 0 atom stereocenters. The second kappa shape index (κ2) is 14.1. The molecule has 0 bridgehead atoms. The molecule has 0 saturated carbocycles. The Morgan fingerprint density at radius 3 is 1.63 bits per heavy atom. The Morgan fingerprint density at radius 1 is 0.300 bits per heavy atom. The predicted octanol–water partition coefficient (Wildman–Crippen LogP) is 17.1. The summed E-state index contributed by atoms with van der Waals surface area (Å²) in [6.07, 6.45) is 0. The van der Waals surface area contributed by atoms with E-state index in [0.717, 1.165) is 11.4 Å². The molecule has 1 nitrogen and oxygen atoms in total. The fraction of sp³-hybridized carbons (Fsp3) is 0. The van der Waals surface area contributed by atoms with Crippen LogP contribution in [0.15, 0.2) is 224 Å². The first-order valence-electron chi connectivity index (χ1n) is 20.6. The minimum Gasteiger partial charge on any atom is -0.310 e. The number of anilines is 3. The summed E-state index contributed by atoms with van der Waals surface area (Å²) < 4.78 is 2.57. The van der Waals surface area contributed by atoms with Crippen molar-refractivity contribution in [3.05, 3.63) is 224 Å². The van der Waals surface area contributed by atoms with Crippen molar-refractivity contribution in [3.63, 3.8) is 0 Å². The van der Waals surface area contributed by atoms with Crippen molar-refractivity contribution >= 4 is 91.7 Å². The second-order valence-corrected chi connectivity index (χ2v) is 16.7. The topological polar surface area (TPSA) is 3.24 Å². The molecule has 0 unspecified atom stereocenters. The zero-order valence-corrected chi connectivity index (χ0v) is 33.5. The number of nitrogens with zero attached hydrogens (tertiary/aromatic N) is 1. The lowest BCUT2D eigenvalue weighted by atomic mass is 9.85. The Labute approximate surface area is 352 Å². The molecule has 0 aliphatic carbocycles. The number of benzene rings is 11. The largest absolute Gasteiger partial charge is 0.310 e. The van der Waals surface area contributed by atoms with E-state index in [-0.39, 0.29) is 0 Å². The van der Waals surface area contributed by atoms with Gasteiger partial charge in [0.1, 0.15) is 0 Å². The van der Waals surface area contributed by atoms with Crippen molar-refractivity contribution in [1.82, 2.24) is 0 Å². The van der Waals surface area contributed by atoms with Crippen molar-refractivity contribution in [3.8, 4) is 33.4 Å². The van der Waals surface area contributed by atoms with Crippen LogP contribution in [0.1, 0.15) is 0 Å². The highest BCUT2D eigenvalue weighted by atomic mass is 32.1. The van der Waals surface area contributed by atoms with E-state index in [1.165, 1.54) is 102 Å². The molecule has 280 valence electrons. The van der Waals surface area contributed by atoms with Gasteiger partial charge >= 0.3 is 0 Å². The molecule has 0 radical (unpaired) electrons. The predicted molar refractivity (Wildman–Crippen MR) is 260 cm³/mol. The van der Waals surface area contributed by atoms with Gasteiger partial charge in [-0.3, -0.25) is 0 Å². The van der Waals surface area contributed by atoms with Gasteiger partial charge < -0.3 is 4.90 Å². The SMILES string of the molecule is c1ccc(-c2c(-c3ccccc3)c3cc(N(c4ccc(-c5cccc6c5ccc5ccccc56)cc4)c4cccc5sc6ccccc6c45)ccc3c3ccccc23)cc1. The molecule has 12 rings (SSSR count). The number of hydrogen-bond acceptors (Lipinski definition) is 2. The molecule has 1 aromatic heterocycles. The van der Waals surface area contributed by atoms with Gasteiger partial charge in [0.25, 0.3) is 0 Å². The summed E-state index contributed by atoms with van der Waals surface area (Å²) in [6, 6.07) is 82.6. The highest BCUT2D eigenvalue weighted by Gasteiger charge is 2.22. The molecule has 12 aromatic rings. The summed E-state index contributed by atoms with van der Waals surface area (Å²) in [5.74, 6) is 0. The third kappa shape index (κ3) is 5.53. The van der Waals surface area contributed by atoms with E-state index >= 15 is 0 Å². The van der Waals surface area contributed by atoms with Crippen LogP contribution in [0.3, 0.4) is 0 Å². The minimum absolute atomic E-state index is 1.11. The summed E-state index contributed by atoms with van der Waals surface area (Å²) in [5, 5.41) is 12.6. The molecular formula is C58H37NS. The van der Waals surface area contributed by atoms with E-state index in [2.05, 4.69) is 229 Å². The van der Waals surface area contributed by atoms with Crippen LogP contribution in [-0.4, -0.2) is 0 Å². The molecule has 11 aromatic carbocycles. The van der Waals surface area contributed by atoms with E-state index in [1.807, 2.05) is 11.3 Å². The fourth-order valence-corrected chi connectivity index (χ4v) is 10.7. The van der Waals surface area contributed by atoms with Gasteiger partial charge in [0, 0.05) is 31.5 Å². The fourth-order valence-electron chi connectivity index (χ4n) is 9.58. The maximum Gasteiger partial charge on any atom is 0.0554 e. The van der Waals surface area contributed by atoms with Crippen LogP contribution in [0.2, 0.25) is 0 Å². The van der Waals surface area contributed by atoms with Crippen LogP contribution in [0, 0.1) is 0 Å². The van der Waals surface area contributed by atoms with Crippen LogP contribution < -0.4 is 4.90 Å². The van der Waals surface area contributed by atoms with Crippen LogP contribution in [0.5, 0.6) is 0 Å². The summed E-state index contributed by atoms with van der Waals surface area (Å²) in [5.41, 5.74) is 10.7. The highest BCUT2D eigenvalue weighted by molar-refractivity contribution is 7.26. The standard InChI is InChI=1S/C58H37NS/c1-3-16-40(17-4-1)56-50-22-10-9-21-47(50)49-36-34-43(37-52(49)57(56)41-18-5-2-6-19-41)59(53-26-14-28-55-58(53)51-23-11-12-27-54(51)60-55)42-32-29-39(30-33-42)45-24-13-25-46-44-20-8-7-15-38(44)31-35-48(45)46/h1-37H. The molecule has 0 aliphatic rings. The lowest BCUT2D eigenvalue weighted by Crippen LogP contribution is -2.10. The monoisotopic (exact) mass is 779 g/mol. The summed E-state index contributed by atoms with van der Waals surface area (Å²) in [7, 11) is 0.